The summed E-state index contributed by atoms with van der Waals surface area (Å²) in [6.07, 6.45) is 4.49. The molecule has 0 aliphatic carbocycles. The lowest BCUT2D eigenvalue weighted by atomic mass is 10.0. The minimum atomic E-state index is -0.0941. The molecule has 0 saturated heterocycles. The average molecular weight is 357 g/mol. The van der Waals surface area contributed by atoms with Crippen molar-refractivity contribution in [2.75, 3.05) is 6.54 Å². The largest absolute Gasteiger partial charge is 0.360 e. The number of amides is 1. The van der Waals surface area contributed by atoms with Crippen LogP contribution in [0.1, 0.15) is 28.2 Å². The molecular formula is C18H17ClN4O2. The van der Waals surface area contributed by atoms with Crippen LogP contribution in [0.2, 0.25) is 5.02 Å². The SMILES string of the molecule is Cc1onc(-c2ccccc2Cl)c1C(=O)N1CCCn2cncc2C1. The summed E-state index contributed by atoms with van der Waals surface area (Å²) in [4.78, 5) is 19.2. The molecule has 3 heterocycles. The zero-order chi connectivity index (χ0) is 17.4. The standard InChI is InChI=1S/C18H17ClN4O2/c1-12-16(17(21-25-12)14-5-2-3-6-15(14)19)18(24)22-7-4-8-23-11-20-9-13(23)10-22/h2-3,5-6,9,11H,4,7-8,10H2,1H3. The first-order chi connectivity index (χ1) is 12.1. The minimum Gasteiger partial charge on any atom is -0.360 e. The molecule has 7 heteroatoms. The molecule has 4 rings (SSSR count). The van der Waals surface area contributed by atoms with Crippen molar-refractivity contribution in [3.05, 3.63) is 58.8 Å². The molecule has 0 fully saturated rings. The number of rotatable bonds is 2. The summed E-state index contributed by atoms with van der Waals surface area (Å²) in [6, 6.07) is 7.33. The Morgan fingerprint density at radius 3 is 2.96 bits per heavy atom. The van der Waals surface area contributed by atoms with Crippen molar-refractivity contribution < 1.29 is 9.32 Å². The number of benzene rings is 1. The number of aromatic nitrogens is 3. The Kier molecular flexibility index (Phi) is 4.05. The lowest BCUT2D eigenvalue weighted by Crippen LogP contribution is -2.31. The van der Waals surface area contributed by atoms with Crippen LogP contribution in [0.15, 0.2) is 41.3 Å². The van der Waals surface area contributed by atoms with Crippen molar-refractivity contribution in [3.8, 4) is 11.3 Å². The maximum Gasteiger partial charge on any atom is 0.260 e. The fourth-order valence-electron chi connectivity index (χ4n) is 3.18. The monoisotopic (exact) mass is 356 g/mol. The van der Waals surface area contributed by atoms with Gasteiger partial charge in [0.25, 0.3) is 5.91 Å². The third kappa shape index (κ3) is 2.82. The van der Waals surface area contributed by atoms with Gasteiger partial charge in [0.05, 0.1) is 23.6 Å². The summed E-state index contributed by atoms with van der Waals surface area (Å²) in [5, 5.41) is 4.64. The quantitative estimate of drug-likeness (QED) is 0.704. The summed E-state index contributed by atoms with van der Waals surface area (Å²) in [5.74, 6) is 0.404. The Morgan fingerprint density at radius 2 is 2.12 bits per heavy atom. The molecule has 0 N–H and O–H groups in total. The molecule has 25 heavy (non-hydrogen) atoms. The van der Waals surface area contributed by atoms with Gasteiger partial charge in [0, 0.05) is 24.8 Å². The molecule has 1 aliphatic heterocycles. The van der Waals surface area contributed by atoms with Crippen LogP contribution in [0.25, 0.3) is 11.3 Å². The number of hydrogen-bond acceptors (Lipinski definition) is 4. The zero-order valence-corrected chi connectivity index (χ0v) is 14.5. The van der Waals surface area contributed by atoms with Gasteiger partial charge in [-0.3, -0.25) is 4.79 Å². The second-order valence-electron chi connectivity index (χ2n) is 6.10. The Bertz CT molecular complexity index is 931. The molecule has 1 aromatic carbocycles. The molecular weight excluding hydrogens is 340 g/mol. The van der Waals surface area contributed by atoms with E-state index in [1.165, 1.54) is 0 Å². The normalized spacial score (nSPS) is 14.2. The van der Waals surface area contributed by atoms with Gasteiger partial charge in [-0.15, -0.1) is 0 Å². The van der Waals surface area contributed by atoms with E-state index in [2.05, 4.69) is 14.7 Å². The van der Waals surface area contributed by atoms with Crippen LogP contribution in [-0.4, -0.2) is 32.1 Å². The van der Waals surface area contributed by atoms with E-state index < -0.39 is 0 Å². The Labute approximate surface area is 150 Å². The van der Waals surface area contributed by atoms with Crippen molar-refractivity contribution >= 4 is 17.5 Å². The second-order valence-corrected chi connectivity index (χ2v) is 6.51. The second kappa shape index (κ2) is 6.37. The first-order valence-corrected chi connectivity index (χ1v) is 8.52. The molecule has 1 aliphatic rings. The molecule has 0 bridgehead atoms. The lowest BCUT2D eigenvalue weighted by Gasteiger charge is -2.20. The van der Waals surface area contributed by atoms with Gasteiger partial charge in [-0.05, 0) is 19.4 Å². The number of fused-ring (bicyclic) bond motifs is 1. The number of aryl methyl sites for hydroxylation is 2. The van der Waals surface area contributed by atoms with Crippen LogP contribution in [-0.2, 0) is 13.1 Å². The van der Waals surface area contributed by atoms with Gasteiger partial charge in [0.2, 0.25) is 0 Å². The van der Waals surface area contributed by atoms with Crippen molar-refractivity contribution in [2.45, 2.75) is 26.4 Å². The number of carbonyl (C=O) groups excluding carboxylic acids is 1. The van der Waals surface area contributed by atoms with Crippen molar-refractivity contribution in [1.82, 2.24) is 19.6 Å². The summed E-state index contributed by atoms with van der Waals surface area (Å²) < 4.78 is 7.42. The number of imidazole rings is 1. The van der Waals surface area contributed by atoms with Crippen LogP contribution in [0.4, 0.5) is 0 Å². The third-order valence-corrected chi connectivity index (χ3v) is 4.80. The molecule has 0 unspecified atom stereocenters. The van der Waals surface area contributed by atoms with Crippen molar-refractivity contribution in [3.63, 3.8) is 0 Å². The molecule has 0 saturated carbocycles. The van der Waals surface area contributed by atoms with Gasteiger partial charge in [-0.25, -0.2) is 4.98 Å². The van der Waals surface area contributed by atoms with Gasteiger partial charge in [0.15, 0.2) is 0 Å². The molecule has 6 nitrogen and oxygen atoms in total. The lowest BCUT2D eigenvalue weighted by molar-refractivity contribution is 0.0744. The van der Waals surface area contributed by atoms with E-state index in [-0.39, 0.29) is 5.91 Å². The van der Waals surface area contributed by atoms with Crippen LogP contribution in [0, 0.1) is 6.92 Å². The van der Waals surface area contributed by atoms with E-state index in [9.17, 15) is 4.79 Å². The zero-order valence-electron chi connectivity index (χ0n) is 13.8. The Morgan fingerprint density at radius 1 is 1.28 bits per heavy atom. The molecule has 3 aromatic rings. The van der Waals surface area contributed by atoms with Crippen LogP contribution < -0.4 is 0 Å². The highest BCUT2D eigenvalue weighted by Crippen LogP contribution is 2.32. The predicted molar refractivity (Wildman–Crippen MR) is 93.3 cm³/mol. The van der Waals surface area contributed by atoms with E-state index >= 15 is 0 Å². The number of nitrogens with zero attached hydrogens (tertiary/aromatic N) is 4. The van der Waals surface area contributed by atoms with E-state index in [0.29, 0.717) is 40.7 Å². The van der Waals surface area contributed by atoms with Gasteiger partial charge < -0.3 is 14.0 Å². The summed E-state index contributed by atoms with van der Waals surface area (Å²) in [6.45, 7) is 3.81. The number of hydrogen-bond donors (Lipinski definition) is 0. The van der Waals surface area contributed by atoms with Crippen molar-refractivity contribution in [1.29, 1.82) is 0 Å². The maximum absolute atomic E-state index is 13.2. The summed E-state index contributed by atoms with van der Waals surface area (Å²) >= 11 is 6.29. The fraction of sp³-hybridized carbons (Fsp3) is 0.278. The van der Waals surface area contributed by atoms with Crippen LogP contribution in [0.3, 0.4) is 0 Å². The van der Waals surface area contributed by atoms with E-state index in [1.54, 1.807) is 19.2 Å². The molecule has 1 amide bonds. The molecule has 128 valence electrons. The first kappa shape index (κ1) is 15.9. The maximum atomic E-state index is 13.2. The topological polar surface area (TPSA) is 64.2 Å². The third-order valence-electron chi connectivity index (χ3n) is 4.47. The molecule has 0 radical (unpaired) electrons. The summed E-state index contributed by atoms with van der Waals surface area (Å²) in [5.41, 5.74) is 2.69. The highest BCUT2D eigenvalue weighted by molar-refractivity contribution is 6.33. The number of carbonyl (C=O) groups is 1. The van der Waals surface area contributed by atoms with Gasteiger partial charge in [-0.2, -0.15) is 0 Å². The van der Waals surface area contributed by atoms with Crippen LogP contribution in [0.5, 0.6) is 0 Å². The Hall–Kier alpha value is -2.60. The molecule has 2 aromatic heterocycles. The van der Waals surface area contributed by atoms with Crippen molar-refractivity contribution in [2.24, 2.45) is 0 Å². The molecule has 0 atom stereocenters. The van der Waals surface area contributed by atoms with E-state index in [1.807, 2.05) is 29.4 Å². The Balaban J connectivity index is 1.72. The highest BCUT2D eigenvalue weighted by Gasteiger charge is 2.28. The average Bonchev–Trinajstić information content (AvgIpc) is 3.15. The van der Waals surface area contributed by atoms with Gasteiger partial charge >= 0.3 is 0 Å². The van der Waals surface area contributed by atoms with Gasteiger partial charge in [-0.1, -0.05) is 35.0 Å². The number of halogens is 1. The first-order valence-electron chi connectivity index (χ1n) is 8.14. The highest BCUT2D eigenvalue weighted by atomic mass is 35.5. The summed E-state index contributed by atoms with van der Waals surface area (Å²) in [7, 11) is 0. The van der Waals surface area contributed by atoms with Gasteiger partial charge in [0.1, 0.15) is 17.0 Å². The predicted octanol–water partition coefficient (Wildman–Crippen LogP) is 3.55. The van der Waals surface area contributed by atoms with E-state index in [4.69, 9.17) is 16.1 Å². The fourth-order valence-corrected chi connectivity index (χ4v) is 3.41. The van der Waals surface area contributed by atoms with Crippen LogP contribution >= 0.6 is 11.6 Å². The smallest absolute Gasteiger partial charge is 0.260 e. The minimum absolute atomic E-state index is 0.0941. The molecule has 0 spiro atoms. The van der Waals surface area contributed by atoms with E-state index in [0.717, 1.165) is 18.7 Å².